The van der Waals surface area contributed by atoms with Gasteiger partial charge in [0.05, 0.1) is 0 Å². The first kappa shape index (κ1) is 24.9. The van der Waals surface area contributed by atoms with Crippen molar-refractivity contribution in [1.82, 2.24) is 14.9 Å². The van der Waals surface area contributed by atoms with Crippen molar-refractivity contribution in [3.8, 4) is 5.75 Å². The Bertz CT molecular complexity index is 1210. The van der Waals surface area contributed by atoms with Crippen LogP contribution in [-0.4, -0.2) is 74.6 Å². The van der Waals surface area contributed by atoms with E-state index in [1.165, 1.54) is 18.4 Å². The summed E-state index contributed by atoms with van der Waals surface area (Å²) in [4.78, 5) is 24.3. The predicted octanol–water partition coefficient (Wildman–Crippen LogP) is 3.34. The molecule has 1 aliphatic carbocycles. The first-order valence-corrected chi connectivity index (χ1v) is 14.5. The average molecular weight is 548 g/mol. The van der Waals surface area contributed by atoms with Gasteiger partial charge in [-0.15, -0.1) is 0 Å². The molecule has 0 amide bonds. The summed E-state index contributed by atoms with van der Waals surface area (Å²) in [5.41, 5.74) is 2.00. The molecular formula is C28H32AsN4O3. The zero-order valence-electron chi connectivity index (χ0n) is 20.6. The van der Waals surface area contributed by atoms with Gasteiger partial charge < -0.3 is 0 Å². The van der Waals surface area contributed by atoms with E-state index in [0.29, 0.717) is 12.5 Å². The molecule has 2 aliphatic rings. The summed E-state index contributed by atoms with van der Waals surface area (Å²) in [7, 11) is 0. The summed E-state index contributed by atoms with van der Waals surface area (Å²) in [5, 5.41) is 4.45. The van der Waals surface area contributed by atoms with Crippen molar-refractivity contribution in [3.05, 3.63) is 66.5 Å². The van der Waals surface area contributed by atoms with Crippen LogP contribution in [0.4, 0.5) is 5.82 Å². The van der Waals surface area contributed by atoms with Crippen molar-refractivity contribution in [1.29, 1.82) is 0 Å². The molecule has 1 atom stereocenters. The second-order valence-electron chi connectivity index (χ2n) is 9.36. The van der Waals surface area contributed by atoms with Crippen LogP contribution in [0.5, 0.6) is 5.75 Å². The molecular weight excluding hydrogens is 515 g/mol. The molecule has 3 aromatic rings. The van der Waals surface area contributed by atoms with Gasteiger partial charge in [0.2, 0.25) is 0 Å². The van der Waals surface area contributed by atoms with Gasteiger partial charge in [-0.05, 0) is 0 Å². The maximum absolute atomic E-state index is 12.9. The van der Waals surface area contributed by atoms with Crippen LogP contribution in [0.2, 0.25) is 0 Å². The zero-order valence-corrected chi connectivity index (χ0v) is 22.5. The van der Waals surface area contributed by atoms with Crippen LogP contribution in [0, 0.1) is 5.92 Å². The SMILES string of the molecule is C[C@@H](Nc1ncnc2cc(OCC3CC3)c([As]C(=O)/C=C/CN3CCOCC3)cc12)c1ccccc1. The molecule has 0 unspecified atom stereocenters. The van der Waals surface area contributed by atoms with E-state index in [2.05, 4.69) is 45.3 Å². The summed E-state index contributed by atoms with van der Waals surface area (Å²) in [6.07, 6.45) is 7.73. The first-order valence-electron chi connectivity index (χ1n) is 12.6. The Balaban J connectivity index is 1.36. The summed E-state index contributed by atoms with van der Waals surface area (Å²) in [5.74, 6) is 2.18. The van der Waals surface area contributed by atoms with E-state index in [1.807, 2.05) is 30.3 Å². The normalized spacial score (nSPS) is 17.7. The topological polar surface area (TPSA) is 76.6 Å². The fourth-order valence-corrected chi connectivity index (χ4v) is 5.94. The van der Waals surface area contributed by atoms with Crippen LogP contribution in [0.3, 0.4) is 0 Å². The van der Waals surface area contributed by atoms with Crippen molar-refractivity contribution in [3.63, 3.8) is 0 Å². The van der Waals surface area contributed by atoms with E-state index >= 15 is 0 Å². The predicted molar refractivity (Wildman–Crippen MR) is 143 cm³/mol. The van der Waals surface area contributed by atoms with Crippen molar-refractivity contribution in [2.75, 3.05) is 44.8 Å². The molecule has 1 saturated carbocycles. The Morgan fingerprint density at radius 2 is 2.03 bits per heavy atom. The standard InChI is InChI=1S/C28H32AsN4O3/c1-20(22-6-3-2-4-7-22)32-28-23-16-24(29-27(34)8-5-11-33-12-14-35-15-13-33)26(36-18-21-9-10-21)17-25(23)30-19-31-28/h2-8,16-17,19-21H,9-15,18H2,1H3,(H,30,31,32)/b8-5+/t20-/m1/s1. The quantitative estimate of drug-likeness (QED) is 0.292. The van der Waals surface area contributed by atoms with Crippen LogP contribution < -0.4 is 14.4 Å². The summed E-state index contributed by atoms with van der Waals surface area (Å²) < 4.78 is 12.7. The number of carbonyl (C=O) groups is 1. The molecule has 8 heteroatoms. The summed E-state index contributed by atoms with van der Waals surface area (Å²) >= 11 is -0.753. The van der Waals surface area contributed by atoms with Crippen LogP contribution in [0.1, 0.15) is 31.4 Å². The number of hydrogen-bond donors (Lipinski definition) is 1. The summed E-state index contributed by atoms with van der Waals surface area (Å²) in [6, 6.07) is 14.4. The van der Waals surface area contributed by atoms with Gasteiger partial charge in [0.15, 0.2) is 0 Å². The minimum atomic E-state index is -0.753. The first-order chi connectivity index (χ1) is 17.7. The second kappa shape index (κ2) is 12.0. The van der Waals surface area contributed by atoms with Gasteiger partial charge in [0, 0.05) is 0 Å². The zero-order chi connectivity index (χ0) is 24.7. The molecule has 2 aromatic carbocycles. The van der Waals surface area contributed by atoms with Gasteiger partial charge in [-0.1, -0.05) is 0 Å². The Morgan fingerprint density at radius 3 is 2.81 bits per heavy atom. The van der Waals surface area contributed by atoms with Crippen LogP contribution >= 0.6 is 0 Å². The van der Waals surface area contributed by atoms with Crippen molar-refractivity contribution in [2.24, 2.45) is 5.92 Å². The molecule has 2 fully saturated rings. The number of fused-ring (bicyclic) bond motifs is 1. The number of ether oxygens (including phenoxy) is 2. The number of allylic oxidation sites excluding steroid dienone is 1. The molecule has 5 rings (SSSR count). The number of rotatable bonds is 11. The molecule has 1 radical (unpaired) electrons. The minimum absolute atomic E-state index is 0.0801. The fourth-order valence-electron chi connectivity index (χ4n) is 4.16. The Hall–Kier alpha value is -2.73. The van der Waals surface area contributed by atoms with Crippen LogP contribution in [0.25, 0.3) is 10.9 Å². The molecule has 1 N–H and O–H groups in total. The molecule has 0 bridgehead atoms. The van der Waals surface area contributed by atoms with Crippen molar-refractivity contribution in [2.45, 2.75) is 25.8 Å². The van der Waals surface area contributed by atoms with Gasteiger partial charge in [0.25, 0.3) is 0 Å². The van der Waals surface area contributed by atoms with Crippen LogP contribution in [-0.2, 0) is 9.53 Å². The third kappa shape index (κ3) is 6.72. The number of nitrogens with zero attached hydrogens (tertiary/aromatic N) is 3. The van der Waals surface area contributed by atoms with E-state index < -0.39 is 15.8 Å². The summed E-state index contributed by atoms with van der Waals surface area (Å²) in [6.45, 7) is 6.92. The molecule has 0 spiro atoms. The average Bonchev–Trinajstić information content (AvgIpc) is 3.73. The van der Waals surface area contributed by atoms with Gasteiger partial charge in [-0.25, -0.2) is 0 Å². The van der Waals surface area contributed by atoms with E-state index in [4.69, 9.17) is 9.47 Å². The van der Waals surface area contributed by atoms with E-state index in [0.717, 1.165) is 59.7 Å². The number of aromatic nitrogens is 2. The van der Waals surface area contributed by atoms with Crippen molar-refractivity contribution >= 4 is 41.4 Å². The number of anilines is 1. The maximum atomic E-state index is 12.9. The van der Waals surface area contributed by atoms with Gasteiger partial charge >= 0.3 is 219 Å². The van der Waals surface area contributed by atoms with E-state index in [9.17, 15) is 4.79 Å². The van der Waals surface area contributed by atoms with E-state index in [-0.39, 0.29) is 10.6 Å². The second-order valence-corrected chi connectivity index (χ2v) is 11.8. The molecule has 36 heavy (non-hydrogen) atoms. The molecule has 1 saturated heterocycles. The monoisotopic (exact) mass is 547 g/mol. The Labute approximate surface area is 219 Å². The van der Waals surface area contributed by atoms with Gasteiger partial charge in [-0.3, -0.25) is 0 Å². The Kier molecular flexibility index (Phi) is 8.32. The molecule has 1 aromatic heterocycles. The fraction of sp³-hybridized carbons (Fsp3) is 0.393. The molecule has 1 aliphatic heterocycles. The number of nitrogens with one attached hydrogen (secondary N) is 1. The van der Waals surface area contributed by atoms with Crippen LogP contribution in [0.15, 0.2) is 60.9 Å². The van der Waals surface area contributed by atoms with Gasteiger partial charge in [0.1, 0.15) is 0 Å². The van der Waals surface area contributed by atoms with Gasteiger partial charge in [-0.2, -0.15) is 0 Å². The Morgan fingerprint density at radius 1 is 1.22 bits per heavy atom. The number of morpholine rings is 1. The number of benzene rings is 2. The molecule has 2 heterocycles. The number of hydrogen-bond acceptors (Lipinski definition) is 7. The van der Waals surface area contributed by atoms with E-state index in [1.54, 1.807) is 12.4 Å². The molecule has 187 valence electrons. The number of carbonyl (C=O) groups excluding carboxylic acids is 1. The third-order valence-corrected chi connectivity index (χ3v) is 8.51. The third-order valence-electron chi connectivity index (χ3n) is 6.50. The van der Waals surface area contributed by atoms with Crippen molar-refractivity contribution < 1.29 is 14.3 Å². The molecule has 7 nitrogen and oxygen atoms in total.